The highest BCUT2D eigenvalue weighted by Gasteiger charge is 2.46. The lowest BCUT2D eigenvalue weighted by Crippen LogP contribution is -2.28. The van der Waals surface area contributed by atoms with Gasteiger partial charge in [-0.25, -0.2) is 0 Å². The maximum Gasteiger partial charge on any atom is 0.0714 e. The molecule has 10 rings (SSSR count). The molecule has 0 fully saturated rings. The van der Waals surface area contributed by atoms with Crippen molar-refractivity contribution in [2.24, 2.45) is 0 Å². The Morgan fingerprint density at radius 3 is 1.50 bits per heavy atom. The second-order valence-electron chi connectivity index (χ2n) is 13.8. The van der Waals surface area contributed by atoms with Gasteiger partial charge in [0.1, 0.15) is 0 Å². The maximum absolute atomic E-state index is 3.83. The van der Waals surface area contributed by atoms with E-state index >= 15 is 0 Å². The van der Waals surface area contributed by atoms with Gasteiger partial charge in [-0.15, -0.1) is 0 Å². The van der Waals surface area contributed by atoms with Crippen LogP contribution in [-0.2, 0) is 5.41 Å². The average molecular weight is 662 g/mol. The van der Waals surface area contributed by atoms with Crippen LogP contribution in [0.1, 0.15) is 22.3 Å². The molecule has 244 valence electrons. The van der Waals surface area contributed by atoms with Crippen molar-refractivity contribution in [2.75, 3.05) is 5.32 Å². The normalized spacial score (nSPS) is 12.8. The Labute approximate surface area is 304 Å². The lowest BCUT2D eigenvalue weighted by molar-refractivity contribution is 0.768. The van der Waals surface area contributed by atoms with Crippen LogP contribution < -0.4 is 5.32 Å². The highest BCUT2D eigenvalue weighted by molar-refractivity contribution is 5.96. The second kappa shape index (κ2) is 12.3. The highest BCUT2D eigenvalue weighted by Crippen LogP contribution is 2.58. The number of hydrogen-bond donors (Lipinski definition) is 1. The number of nitrogens with one attached hydrogen (secondary N) is 1. The first-order chi connectivity index (χ1) is 25.8. The van der Waals surface area contributed by atoms with Crippen molar-refractivity contribution < 1.29 is 0 Å². The van der Waals surface area contributed by atoms with Gasteiger partial charge in [-0.05, 0) is 108 Å². The van der Waals surface area contributed by atoms with Crippen LogP contribution in [0.25, 0.3) is 54.9 Å². The standard InChI is InChI=1S/C51H35N/c1-3-14-43(15-4-1)51(44-16-5-2-6-17-44)47-19-10-9-18-46(47)50-48(51)20-11-21-49(50)52-45-30-28-36(29-31-45)39-25-23-37-24-27-41(34-42(37)33-39)40-26-22-35-12-7-8-13-38(35)32-40/h1-34,52H. The van der Waals surface area contributed by atoms with Crippen molar-refractivity contribution >= 4 is 32.9 Å². The zero-order chi connectivity index (χ0) is 34.5. The van der Waals surface area contributed by atoms with Gasteiger partial charge in [0.25, 0.3) is 0 Å². The molecule has 0 atom stereocenters. The predicted octanol–water partition coefficient (Wildman–Crippen LogP) is 13.4. The van der Waals surface area contributed by atoms with Gasteiger partial charge in [-0.2, -0.15) is 0 Å². The molecule has 1 aliphatic carbocycles. The molecule has 0 aliphatic heterocycles. The molecule has 1 aliphatic rings. The molecular weight excluding hydrogens is 627 g/mol. The zero-order valence-electron chi connectivity index (χ0n) is 28.6. The van der Waals surface area contributed by atoms with Crippen LogP contribution in [0.5, 0.6) is 0 Å². The Kier molecular flexibility index (Phi) is 7.11. The summed E-state index contributed by atoms with van der Waals surface area (Å²) in [7, 11) is 0. The fourth-order valence-electron chi connectivity index (χ4n) is 8.47. The molecule has 0 aromatic heterocycles. The molecule has 1 heteroatoms. The molecule has 0 heterocycles. The number of anilines is 2. The number of fused-ring (bicyclic) bond motifs is 5. The van der Waals surface area contributed by atoms with Gasteiger partial charge in [0.05, 0.1) is 5.41 Å². The molecule has 0 unspecified atom stereocenters. The fraction of sp³-hybridized carbons (Fsp3) is 0.0196. The van der Waals surface area contributed by atoms with Crippen LogP contribution in [0.3, 0.4) is 0 Å². The van der Waals surface area contributed by atoms with Gasteiger partial charge >= 0.3 is 0 Å². The third-order valence-corrected chi connectivity index (χ3v) is 10.9. The molecule has 52 heavy (non-hydrogen) atoms. The van der Waals surface area contributed by atoms with E-state index in [4.69, 9.17) is 0 Å². The van der Waals surface area contributed by atoms with E-state index in [0.717, 1.165) is 11.4 Å². The molecule has 9 aromatic carbocycles. The largest absolute Gasteiger partial charge is 0.355 e. The summed E-state index contributed by atoms with van der Waals surface area (Å²) in [6.45, 7) is 0. The van der Waals surface area contributed by atoms with E-state index in [2.05, 4.69) is 212 Å². The van der Waals surface area contributed by atoms with E-state index in [1.165, 1.54) is 77.2 Å². The van der Waals surface area contributed by atoms with Gasteiger partial charge in [0, 0.05) is 16.9 Å². The number of rotatable bonds is 6. The summed E-state index contributed by atoms with van der Waals surface area (Å²) in [5.74, 6) is 0. The van der Waals surface area contributed by atoms with Crippen molar-refractivity contribution in [3.05, 3.63) is 229 Å². The first-order valence-electron chi connectivity index (χ1n) is 18.0. The monoisotopic (exact) mass is 661 g/mol. The number of benzene rings is 9. The summed E-state index contributed by atoms with van der Waals surface area (Å²) in [5, 5.41) is 8.84. The predicted molar refractivity (Wildman–Crippen MR) is 219 cm³/mol. The highest BCUT2D eigenvalue weighted by atomic mass is 14.9. The molecule has 0 bridgehead atoms. The Morgan fingerprint density at radius 2 is 0.827 bits per heavy atom. The van der Waals surface area contributed by atoms with Crippen molar-refractivity contribution in [1.82, 2.24) is 0 Å². The zero-order valence-corrected chi connectivity index (χ0v) is 28.6. The summed E-state index contributed by atoms with van der Waals surface area (Å²) < 4.78 is 0. The van der Waals surface area contributed by atoms with Crippen LogP contribution in [-0.4, -0.2) is 0 Å². The Morgan fingerprint density at radius 1 is 0.327 bits per heavy atom. The van der Waals surface area contributed by atoms with Crippen LogP contribution in [0.4, 0.5) is 11.4 Å². The molecule has 0 spiro atoms. The van der Waals surface area contributed by atoms with Crippen LogP contribution in [0.2, 0.25) is 0 Å². The van der Waals surface area contributed by atoms with E-state index in [1.807, 2.05) is 0 Å². The summed E-state index contributed by atoms with van der Waals surface area (Å²) in [6.07, 6.45) is 0. The van der Waals surface area contributed by atoms with E-state index in [9.17, 15) is 0 Å². The van der Waals surface area contributed by atoms with Crippen LogP contribution >= 0.6 is 0 Å². The van der Waals surface area contributed by atoms with E-state index in [1.54, 1.807) is 0 Å². The first-order valence-corrected chi connectivity index (χ1v) is 18.0. The van der Waals surface area contributed by atoms with Crippen LogP contribution in [0.15, 0.2) is 206 Å². The molecule has 0 saturated heterocycles. The summed E-state index contributed by atoms with van der Waals surface area (Å²) in [5.41, 5.74) is 14.3. The van der Waals surface area contributed by atoms with Crippen LogP contribution in [0, 0.1) is 0 Å². The fourth-order valence-corrected chi connectivity index (χ4v) is 8.47. The van der Waals surface area contributed by atoms with Crippen molar-refractivity contribution in [3.8, 4) is 33.4 Å². The Bertz CT molecular complexity index is 2700. The molecule has 0 amide bonds. The van der Waals surface area contributed by atoms with E-state index < -0.39 is 5.41 Å². The Balaban J connectivity index is 1.01. The Hall–Kier alpha value is -6.70. The maximum atomic E-state index is 3.83. The molecule has 1 nitrogen and oxygen atoms in total. The number of hydrogen-bond acceptors (Lipinski definition) is 1. The topological polar surface area (TPSA) is 12.0 Å². The molecular formula is C51H35N. The minimum Gasteiger partial charge on any atom is -0.355 e. The van der Waals surface area contributed by atoms with Crippen molar-refractivity contribution in [3.63, 3.8) is 0 Å². The quantitative estimate of drug-likeness (QED) is 0.187. The smallest absolute Gasteiger partial charge is 0.0714 e. The molecule has 9 aromatic rings. The van der Waals surface area contributed by atoms with Crippen molar-refractivity contribution in [1.29, 1.82) is 0 Å². The summed E-state index contributed by atoms with van der Waals surface area (Å²) >= 11 is 0. The lowest BCUT2D eigenvalue weighted by Gasteiger charge is -2.33. The summed E-state index contributed by atoms with van der Waals surface area (Å²) in [4.78, 5) is 0. The third-order valence-electron chi connectivity index (χ3n) is 10.9. The van der Waals surface area contributed by atoms with Gasteiger partial charge < -0.3 is 5.32 Å². The van der Waals surface area contributed by atoms with Gasteiger partial charge in [0.15, 0.2) is 0 Å². The minimum atomic E-state index is -0.416. The van der Waals surface area contributed by atoms with E-state index in [0.29, 0.717) is 0 Å². The molecule has 1 N–H and O–H groups in total. The second-order valence-corrected chi connectivity index (χ2v) is 13.8. The first kappa shape index (κ1) is 30.2. The molecule has 0 saturated carbocycles. The minimum absolute atomic E-state index is 0.416. The van der Waals surface area contributed by atoms with E-state index in [-0.39, 0.29) is 0 Å². The van der Waals surface area contributed by atoms with Gasteiger partial charge in [0.2, 0.25) is 0 Å². The molecule has 0 radical (unpaired) electrons. The summed E-state index contributed by atoms with van der Waals surface area (Å²) in [6, 6.07) is 75.3. The third kappa shape index (κ3) is 4.86. The average Bonchev–Trinajstić information content (AvgIpc) is 3.53. The van der Waals surface area contributed by atoms with Gasteiger partial charge in [-0.3, -0.25) is 0 Å². The van der Waals surface area contributed by atoms with Gasteiger partial charge in [-0.1, -0.05) is 170 Å². The SMILES string of the molecule is c1ccc(C2(c3ccccc3)c3ccccc3-c3c(Nc4ccc(-c5ccc6ccc(-c7ccc8ccccc8c7)cc6c5)cc4)cccc32)cc1. The van der Waals surface area contributed by atoms with Crippen molar-refractivity contribution in [2.45, 2.75) is 5.41 Å². The lowest BCUT2D eigenvalue weighted by atomic mass is 9.68.